The predicted octanol–water partition coefficient (Wildman–Crippen LogP) is 6.04. The number of hydrogen-bond acceptors (Lipinski definition) is 5. The molecule has 1 atom stereocenters. The van der Waals surface area contributed by atoms with Crippen LogP contribution in [0.5, 0.6) is 0 Å². The molecule has 3 aliphatic carbocycles. The van der Waals surface area contributed by atoms with Crippen molar-refractivity contribution in [3.63, 3.8) is 0 Å². The summed E-state index contributed by atoms with van der Waals surface area (Å²) in [6.45, 7) is 6.30. The topological polar surface area (TPSA) is 95.2 Å². The van der Waals surface area contributed by atoms with Gasteiger partial charge in [0.1, 0.15) is 0 Å². The zero-order valence-electron chi connectivity index (χ0n) is 17.6. The van der Waals surface area contributed by atoms with Crippen LogP contribution in [0.25, 0.3) is 11.1 Å². The first-order valence-electron chi connectivity index (χ1n) is 10.1. The standard InChI is InChI=1S/C26H20N4S/c1-16(2)18-6-7-19-11-25(12-27,13-28)26(14-29,15-30)24(22-5-4-8-31-22)21-9-17(3)20(10-18)23(19)21/h4-10,16,24H,11H2,1-3H3. The van der Waals surface area contributed by atoms with Gasteiger partial charge < -0.3 is 0 Å². The lowest BCUT2D eigenvalue weighted by atomic mass is 9.57. The predicted molar refractivity (Wildman–Crippen MR) is 119 cm³/mol. The Morgan fingerprint density at radius 3 is 2.26 bits per heavy atom. The summed E-state index contributed by atoms with van der Waals surface area (Å²) in [5.74, 6) is -0.379. The third kappa shape index (κ3) is 2.68. The maximum atomic E-state index is 10.4. The summed E-state index contributed by atoms with van der Waals surface area (Å²) in [5.41, 5.74) is 2.29. The second-order valence-electron chi connectivity index (χ2n) is 8.51. The van der Waals surface area contributed by atoms with Crippen molar-refractivity contribution in [1.82, 2.24) is 0 Å². The van der Waals surface area contributed by atoms with Crippen molar-refractivity contribution in [1.29, 1.82) is 21.0 Å². The lowest BCUT2D eigenvalue weighted by molar-refractivity contribution is 0.272. The molecule has 5 heteroatoms. The first-order chi connectivity index (χ1) is 14.9. The van der Waals surface area contributed by atoms with Crippen LogP contribution in [0.2, 0.25) is 0 Å². The third-order valence-electron chi connectivity index (χ3n) is 6.57. The molecule has 1 unspecified atom stereocenters. The molecule has 3 aliphatic rings. The fourth-order valence-electron chi connectivity index (χ4n) is 4.86. The van der Waals surface area contributed by atoms with E-state index in [2.05, 4.69) is 44.2 Å². The van der Waals surface area contributed by atoms with Gasteiger partial charge in [0, 0.05) is 11.3 Å². The van der Waals surface area contributed by atoms with Crippen LogP contribution in [0.15, 0.2) is 41.8 Å². The van der Waals surface area contributed by atoms with Gasteiger partial charge in [-0.3, -0.25) is 0 Å². The number of nitrogens with zero attached hydrogens (tertiary/aromatic N) is 4. The smallest absolute Gasteiger partial charge is 0.187 e. The molecule has 0 amide bonds. The van der Waals surface area contributed by atoms with Crippen molar-refractivity contribution >= 4 is 11.3 Å². The Hall–Kier alpha value is -3.64. The molecule has 0 aromatic carbocycles. The van der Waals surface area contributed by atoms with E-state index in [0.717, 1.165) is 38.3 Å². The lowest BCUT2D eigenvalue weighted by Crippen LogP contribution is -2.43. The van der Waals surface area contributed by atoms with E-state index in [4.69, 9.17) is 0 Å². The van der Waals surface area contributed by atoms with Crippen LogP contribution in [-0.4, -0.2) is 0 Å². The summed E-state index contributed by atoms with van der Waals surface area (Å²) >= 11 is 1.45. The minimum Gasteiger partial charge on any atom is -0.196 e. The van der Waals surface area contributed by atoms with Gasteiger partial charge in [-0.25, -0.2) is 0 Å². The molecule has 0 radical (unpaired) electrons. The molecule has 0 saturated carbocycles. The van der Waals surface area contributed by atoms with Crippen molar-refractivity contribution in [2.75, 3.05) is 0 Å². The largest absolute Gasteiger partial charge is 0.196 e. The Morgan fingerprint density at radius 2 is 1.71 bits per heavy atom. The molecule has 1 aromatic rings. The molecular weight excluding hydrogens is 400 g/mol. The Balaban J connectivity index is 2.20. The highest BCUT2D eigenvalue weighted by Crippen LogP contribution is 2.59. The van der Waals surface area contributed by atoms with E-state index in [-0.39, 0.29) is 6.42 Å². The summed E-state index contributed by atoms with van der Waals surface area (Å²) in [7, 11) is 0. The van der Waals surface area contributed by atoms with E-state index in [9.17, 15) is 21.0 Å². The minimum atomic E-state index is -1.84. The van der Waals surface area contributed by atoms with Gasteiger partial charge in [0.2, 0.25) is 0 Å². The molecule has 4 nitrogen and oxygen atoms in total. The summed E-state index contributed by atoms with van der Waals surface area (Å²) in [4.78, 5) is 0.813. The molecule has 31 heavy (non-hydrogen) atoms. The first-order valence-corrected chi connectivity index (χ1v) is 11.0. The van der Waals surface area contributed by atoms with Gasteiger partial charge in [-0.05, 0) is 57.7 Å². The van der Waals surface area contributed by atoms with Crippen molar-refractivity contribution in [3.05, 3.63) is 68.9 Å². The van der Waals surface area contributed by atoms with Crippen LogP contribution in [0, 0.1) is 63.1 Å². The fourth-order valence-corrected chi connectivity index (χ4v) is 5.77. The quantitative estimate of drug-likeness (QED) is 0.505. The zero-order chi connectivity index (χ0) is 22.4. The second-order valence-corrected chi connectivity index (χ2v) is 9.49. The van der Waals surface area contributed by atoms with Crippen molar-refractivity contribution in [3.8, 4) is 35.4 Å². The Morgan fingerprint density at radius 1 is 1.00 bits per heavy atom. The van der Waals surface area contributed by atoms with Gasteiger partial charge in [0.15, 0.2) is 10.8 Å². The molecule has 1 heterocycles. The molecule has 0 spiro atoms. The van der Waals surface area contributed by atoms with Crippen molar-refractivity contribution in [2.24, 2.45) is 10.8 Å². The third-order valence-corrected chi connectivity index (χ3v) is 7.50. The average molecular weight is 421 g/mol. The van der Waals surface area contributed by atoms with Crippen molar-refractivity contribution in [2.45, 2.75) is 39.0 Å². The highest BCUT2D eigenvalue weighted by molar-refractivity contribution is 7.10. The van der Waals surface area contributed by atoms with Crippen LogP contribution in [0.4, 0.5) is 0 Å². The molecule has 0 aliphatic heterocycles. The minimum absolute atomic E-state index is 0.0299. The van der Waals surface area contributed by atoms with E-state index in [1.165, 1.54) is 11.3 Å². The van der Waals surface area contributed by atoms with E-state index in [0.29, 0.717) is 5.92 Å². The maximum absolute atomic E-state index is 10.4. The molecule has 0 bridgehead atoms. The Bertz CT molecular complexity index is 1280. The lowest BCUT2D eigenvalue weighted by Gasteiger charge is -2.35. The molecule has 0 N–H and O–H groups in total. The highest BCUT2D eigenvalue weighted by Gasteiger charge is 2.62. The maximum Gasteiger partial charge on any atom is 0.187 e. The fraction of sp³-hybridized carbons (Fsp3) is 0.308. The van der Waals surface area contributed by atoms with Crippen molar-refractivity contribution < 1.29 is 0 Å². The summed E-state index contributed by atoms with van der Waals surface area (Å²) in [5, 5.41) is 43.1. The molecule has 0 saturated heterocycles. The van der Waals surface area contributed by atoms with Crippen LogP contribution < -0.4 is 0 Å². The summed E-state index contributed by atoms with van der Waals surface area (Å²) in [6.07, 6.45) is 0.0299. The zero-order valence-corrected chi connectivity index (χ0v) is 18.4. The van der Waals surface area contributed by atoms with Gasteiger partial charge >= 0.3 is 0 Å². The highest BCUT2D eigenvalue weighted by atomic mass is 32.1. The second kappa shape index (κ2) is 7.25. The SMILES string of the molecule is Cc1cc2c3c(ccc(C(C)C)cc1-3)CC(C#N)(C#N)C(C#N)(C#N)C2c1cccs1. The van der Waals surface area contributed by atoms with Crippen LogP contribution >= 0.6 is 11.3 Å². The number of hydrogen-bond donors (Lipinski definition) is 0. The van der Waals surface area contributed by atoms with Gasteiger partial charge in [-0.15, -0.1) is 11.3 Å². The summed E-state index contributed by atoms with van der Waals surface area (Å²) < 4.78 is 0. The molecule has 4 rings (SSSR count). The van der Waals surface area contributed by atoms with Gasteiger partial charge in [0.05, 0.1) is 30.2 Å². The molecule has 0 fully saturated rings. The molecular formula is C26H20N4S. The number of aryl methyl sites for hydroxylation is 1. The van der Waals surface area contributed by atoms with Gasteiger partial charge in [0.25, 0.3) is 0 Å². The van der Waals surface area contributed by atoms with Gasteiger partial charge in [-0.2, -0.15) is 21.0 Å². The van der Waals surface area contributed by atoms with E-state index in [1.54, 1.807) is 0 Å². The van der Waals surface area contributed by atoms with E-state index < -0.39 is 16.7 Å². The van der Waals surface area contributed by atoms with Crippen LogP contribution in [-0.2, 0) is 6.42 Å². The Labute approximate surface area is 186 Å². The first kappa shape index (κ1) is 20.6. The Kier molecular flexibility index (Phi) is 4.82. The monoisotopic (exact) mass is 420 g/mol. The van der Waals surface area contributed by atoms with Crippen LogP contribution in [0.1, 0.15) is 52.8 Å². The van der Waals surface area contributed by atoms with Crippen LogP contribution in [0.3, 0.4) is 0 Å². The molecule has 1 aromatic heterocycles. The number of thiophene rings is 1. The normalized spacial score (nSPS) is 18.4. The molecule has 150 valence electrons. The van der Waals surface area contributed by atoms with Gasteiger partial charge in [-0.1, -0.05) is 44.2 Å². The number of rotatable bonds is 2. The number of nitriles is 4. The van der Waals surface area contributed by atoms with E-state index >= 15 is 0 Å². The average Bonchev–Trinajstić information content (AvgIpc) is 3.32. The van der Waals surface area contributed by atoms with E-state index in [1.807, 2.05) is 42.6 Å². The summed E-state index contributed by atoms with van der Waals surface area (Å²) in [6, 6.07) is 20.5.